The Morgan fingerprint density at radius 1 is 1.08 bits per heavy atom. The monoisotopic (exact) mass is 171 g/mol. The van der Waals surface area contributed by atoms with Crippen molar-refractivity contribution >= 4 is 0 Å². The summed E-state index contributed by atoms with van der Waals surface area (Å²) in [4.78, 5) is 0. The van der Waals surface area contributed by atoms with Crippen molar-refractivity contribution in [2.45, 2.75) is 47.6 Å². The van der Waals surface area contributed by atoms with Gasteiger partial charge in [0, 0.05) is 6.04 Å². The van der Waals surface area contributed by atoms with E-state index < -0.39 is 0 Å². The van der Waals surface area contributed by atoms with Crippen LogP contribution in [0, 0.1) is 0 Å². The Morgan fingerprint density at radius 2 is 1.50 bits per heavy atom. The predicted octanol–water partition coefficient (Wildman–Crippen LogP) is 3.74. The smallest absolute Gasteiger partial charge is 0.0199 e. The van der Waals surface area contributed by atoms with Gasteiger partial charge in [-0.3, -0.25) is 0 Å². The molecular formula is C11H25N. The predicted molar refractivity (Wildman–Crippen MR) is 60.3 cm³/mol. The molecule has 0 bridgehead atoms. The molecule has 1 heteroatoms. The van der Waals surface area contributed by atoms with E-state index in [-0.39, 0.29) is 0 Å². The molecule has 0 amide bonds. The van der Waals surface area contributed by atoms with Crippen LogP contribution < -0.4 is 5.32 Å². The van der Waals surface area contributed by atoms with Crippen molar-refractivity contribution in [3.05, 3.63) is 24.9 Å². The Bertz CT molecular complexity index is 83.0. The molecule has 0 aliphatic heterocycles. The van der Waals surface area contributed by atoms with E-state index >= 15 is 0 Å². The first-order valence-electron chi connectivity index (χ1n) is 4.81. The van der Waals surface area contributed by atoms with E-state index in [0.717, 1.165) is 0 Å². The zero-order valence-electron chi connectivity index (χ0n) is 9.52. The zero-order valence-corrected chi connectivity index (χ0v) is 9.52. The highest BCUT2D eigenvalue weighted by atomic mass is 14.9. The topological polar surface area (TPSA) is 12.0 Å². The lowest BCUT2D eigenvalue weighted by Gasteiger charge is -2.00. The maximum atomic E-state index is 3.53. The molecule has 12 heavy (non-hydrogen) atoms. The summed E-state index contributed by atoms with van der Waals surface area (Å²) in [5.41, 5.74) is 0. The molecule has 1 nitrogen and oxygen atoms in total. The molecule has 0 heterocycles. The van der Waals surface area contributed by atoms with E-state index in [2.05, 4.69) is 25.7 Å². The van der Waals surface area contributed by atoms with Crippen molar-refractivity contribution < 1.29 is 0 Å². The standard InChI is InChI=1S/C7H13N.2C2H6/c1-4-5-6-8-7(2)3;2*1-2/h4-8H,1H2,2-3H3;2*1-2H3/b6-5-;;. The molecule has 0 aliphatic carbocycles. The molecular weight excluding hydrogens is 146 g/mol. The second kappa shape index (κ2) is 22.4. The summed E-state index contributed by atoms with van der Waals surface area (Å²) in [6, 6.07) is 0.520. The van der Waals surface area contributed by atoms with Gasteiger partial charge in [0.25, 0.3) is 0 Å². The average molecular weight is 171 g/mol. The molecule has 0 aromatic heterocycles. The van der Waals surface area contributed by atoms with Crippen molar-refractivity contribution in [1.29, 1.82) is 0 Å². The Kier molecular flexibility index (Phi) is 32.5. The summed E-state index contributed by atoms with van der Waals surface area (Å²) >= 11 is 0. The quantitative estimate of drug-likeness (QED) is 0.638. The molecule has 0 saturated carbocycles. The van der Waals surface area contributed by atoms with E-state index in [1.165, 1.54) is 0 Å². The Balaban J connectivity index is -0.000000175. The molecule has 0 spiro atoms. The van der Waals surface area contributed by atoms with Gasteiger partial charge in [-0.1, -0.05) is 40.3 Å². The molecule has 0 radical (unpaired) electrons. The highest BCUT2D eigenvalue weighted by molar-refractivity contribution is 4.95. The molecule has 0 aliphatic rings. The first kappa shape index (κ1) is 17.4. The number of rotatable bonds is 3. The van der Waals surface area contributed by atoms with Crippen LogP contribution in [0.4, 0.5) is 0 Å². The highest BCUT2D eigenvalue weighted by Gasteiger charge is 1.80. The summed E-state index contributed by atoms with van der Waals surface area (Å²) in [6.07, 6.45) is 5.51. The number of allylic oxidation sites excluding steroid dienone is 2. The Morgan fingerprint density at radius 3 is 1.75 bits per heavy atom. The number of hydrogen-bond acceptors (Lipinski definition) is 1. The molecule has 0 atom stereocenters. The minimum absolute atomic E-state index is 0.520. The lowest BCUT2D eigenvalue weighted by atomic mass is 10.4. The van der Waals surface area contributed by atoms with E-state index in [9.17, 15) is 0 Å². The largest absolute Gasteiger partial charge is 0.389 e. The van der Waals surface area contributed by atoms with Crippen LogP contribution in [-0.2, 0) is 0 Å². The molecule has 74 valence electrons. The van der Waals surface area contributed by atoms with E-state index in [1.807, 2.05) is 40.0 Å². The van der Waals surface area contributed by atoms with Gasteiger partial charge in [-0.15, -0.1) is 0 Å². The van der Waals surface area contributed by atoms with Crippen LogP contribution in [0.15, 0.2) is 24.9 Å². The Labute approximate surface area is 78.6 Å². The SMILES string of the molecule is C=C/C=C\NC(C)C.CC.CC. The van der Waals surface area contributed by atoms with E-state index in [1.54, 1.807) is 6.08 Å². The van der Waals surface area contributed by atoms with Gasteiger partial charge in [-0.05, 0) is 26.1 Å². The van der Waals surface area contributed by atoms with Crippen LogP contribution in [-0.4, -0.2) is 6.04 Å². The van der Waals surface area contributed by atoms with Crippen molar-refractivity contribution in [3.63, 3.8) is 0 Å². The summed E-state index contributed by atoms with van der Waals surface area (Å²) in [7, 11) is 0. The second-order valence-corrected chi connectivity index (χ2v) is 1.92. The van der Waals surface area contributed by atoms with Gasteiger partial charge in [0.1, 0.15) is 0 Å². The molecule has 0 saturated heterocycles. The van der Waals surface area contributed by atoms with Crippen LogP contribution in [0.25, 0.3) is 0 Å². The minimum Gasteiger partial charge on any atom is -0.389 e. The minimum atomic E-state index is 0.520. The summed E-state index contributed by atoms with van der Waals surface area (Å²) in [6.45, 7) is 15.7. The number of nitrogens with one attached hydrogen (secondary N) is 1. The summed E-state index contributed by atoms with van der Waals surface area (Å²) in [5, 5.41) is 3.09. The maximum Gasteiger partial charge on any atom is 0.0199 e. The summed E-state index contributed by atoms with van der Waals surface area (Å²) in [5.74, 6) is 0. The van der Waals surface area contributed by atoms with E-state index in [4.69, 9.17) is 0 Å². The van der Waals surface area contributed by atoms with Crippen LogP contribution in [0.1, 0.15) is 41.5 Å². The first-order chi connectivity index (χ1) is 5.77. The van der Waals surface area contributed by atoms with Gasteiger partial charge in [0.15, 0.2) is 0 Å². The zero-order chi connectivity index (χ0) is 10.4. The third kappa shape index (κ3) is 34.7. The van der Waals surface area contributed by atoms with Gasteiger partial charge in [0.05, 0.1) is 0 Å². The third-order valence-corrected chi connectivity index (χ3v) is 0.662. The molecule has 0 unspecified atom stereocenters. The molecule has 0 aromatic rings. The van der Waals surface area contributed by atoms with E-state index in [0.29, 0.717) is 6.04 Å². The molecule has 0 rings (SSSR count). The fourth-order valence-electron chi connectivity index (χ4n) is 0.316. The molecule has 0 aromatic carbocycles. The first-order valence-corrected chi connectivity index (χ1v) is 4.81. The van der Waals surface area contributed by atoms with Crippen LogP contribution in [0.5, 0.6) is 0 Å². The van der Waals surface area contributed by atoms with Crippen LogP contribution in [0.3, 0.4) is 0 Å². The van der Waals surface area contributed by atoms with Crippen molar-refractivity contribution in [2.24, 2.45) is 0 Å². The fourth-order valence-corrected chi connectivity index (χ4v) is 0.316. The Hall–Kier alpha value is -0.720. The van der Waals surface area contributed by atoms with Gasteiger partial charge in [-0.2, -0.15) is 0 Å². The maximum absolute atomic E-state index is 3.53. The lowest BCUT2D eigenvalue weighted by molar-refractivity contribution is 0.703. The average Bonchev–Trinajstić information content (AvgIpc) is 2.12. The fraction of sp³-hybridized carbons (Fsp3) is 0.636. The third-order valence-electron chi connectivity index (χ3n) is 0.662. The van der Waals surface area contributed by atoms with Crippen molar-refractivity contribution in [2.75, 3.05) is 0 Å². The van der Waals surface area contributed by atoms with Gasteiger partial charge in [0.2, 0.25) is 0 Å². The van der Waals surface area contributed by atoms with Gasteiger partial charge in [-0.25, -0.2) is 0 Å². The lowest BCUT2D eigenvalue weighted by Crippen LogP contribution is -2.14. The van der Waals surface area contributed by atoms with Gasteiger partial charge >= 0.3 is 0 Å². The van der Waals surface area contributed by atoms with Crippen molar-refractivity contribution in [1.82, 2.24) is 5.32 Å². The summed E-state index contributed by atoms with van der Waals surface area (Å²) < 4.78 is 0. The van der Waals surface area contributed by atoms with Crippen molar-refractivity contribution in [3.8, 4) is 0 Å². The second-order valence-electron chi connectivity index (χ2n) is 1.92. The van der Waals surface area contributed by atoms with Gasteiger partial charge < -0.3 is 5.32 Å². The van der Waals surface area contributed by atoms with Crippen LogP contribution >= 0.6 is 0 Å². The molecule has 1 N–H and O–H groups in total. The normalized spacial score (nSPS) is 7.92. The molecule has 0 fully saturated rings. The van der Waals surface area contributed by atoms with Crippen LogP contribution in [0.2, 0.25) is 0 Å². The number of hydrogen-bond donors (Lipinski definition) is 1. The highest BCUT2D eigenvalue weighted by Crippen LogP contribution is 1.75.